The maximum absolute atomic E-state index is 6.44. The second kappa shape index (κ2) is 6.11. The molecule has 4 aromatic rings. The minimum absolute atomic E-state index is 0.673. The summed E-state index contributed by atoms with van der Waals surface area (Å²) in [6.07, 6.45) is 6.80. The van der Waals surface area contributed by atoms with Gasteiger partial charge in [-0.15, -0.1) is 5.10 Å². The molecular weight excluding hydrogens is 346 g/mol. The first-order chi connectivity index (χ1) is 12.8. The van der Waals surface area contributed by atoms with Crippen molar-refractivity contribution in [1.82, 2.24) is 19.7 Å². The van der Waals surface area contributed by atoms with Crippen LogP contribution in [0.5, 0.6) is 0 Å². The molecule has 1 saturated heterocycles. The van der Waals surface area contributed by atoms with Gasteiger partial charge in [-0.2, -0.15) is 0 Å². The number of hydrogen-bond acceptors (Lipinski definition) is 4. The van der Waals surface area contributed by atoms with Crippen LogP contribution in [0.1, 0.15) is 6.42 Å². The lowest BCUT2D eigenvalue weighted by molar-refractivity contribution is 0.617. The zero-order valence-corrected chi connectivity index (χ0v) is 14.8. The lowest BCUT2D eigenvalue weighted by atomic mass is 10.1. The van der Waals surface area contributed by atoms with Gasteiger partial charge in [0.15, 0.2) is 5.65 Å². The fourth-order valence-electron chi connectivity index (χ4n) is 3.16. The van der Waals surface area contributed by atoms with Crippen LogP contribution in [0.4, 0.5) is 5.69 Å². The second-order valence-electron chi connectivity index (χ2n) is 6.40. The summed E-state index contributed by atoms with van der Waals surface area (Å²) in [6.45, 7) is 2.19. The molecule has 0 spiro atoms. The third-order valence-electron chi connectivity index (χ3n) is 4.72. The van der Waals surface area contributed by atoms with Crippen LogP contribution in [0.25, 0.3) is 28.0 Å². The van der Waals surface area contributed by atoms with Crippen molar-refractivity contribution in [2.24, 2.45) is 0 Å². The standard InChI is InChI=1S/C20H16ClN5/c21-17-6-5-16(25-8-3-9-25)11-19(17)26-13-15-10-14(12-23-20(15)24-26)18-4-1-2-7-22-18/h1-2,4-7,10-13H,3,8-9H2. The molecule has 5 rings (SSSR count). The fraction of sp³-hybridized carbons (Fsp3) is 0.150. The molecule has 6 heteroatoms. The maximum atomic E-state index is 6.44. The first kappa shape index (κ1) is 15.3. The predicted molar refractivity (Wildman–Crippen MR) is 104 cm³/mol. The van der Waals surface area contributed by atoms with Gasteiger partial charge in [0.05, 0.1) is 16.4 Å². The summed E-state index contributed by atoms with van der Waals surface area (Å²) in [5.41, 5.74) is 4.60. The summed E-state index contributed by atoms with van der Waals surface area (Å²) in [4.78, 5) is 11.2. The monoisotopic (exact) mass is 361 g/mol. The predicted octanol–water partition coefficient (Wildman–Crippen LogP) is 4.35. The third-order valence-corrected chi connectivity index (χ3v) is 5.04. The summed E-state index contributed by atoms with van der Waals surface area (Å²) < 4.78 is 1.81. The molecule has 1 aliphatic rings. The first-order valence-electron chi connectivity index (χ1n) is 8.60. The van der Waals surface area contributed by atoms with E-state index in [-0.39, 0.29) is 0 Å². The first-order valence-corrected chi connectivity index (χ1v) is 8.97. The fourth-order valence-corrected chi connectivity index (χ4v) is 3.36. The highest BCUT2D eigenvalue weighted by molar-refractivity contribution is 6.32. The Labute approximate surface area is 155 Å². The van der Waals surface area contributed by atoms with Gasteiger partial charge >= 0.3 is 0 Å². The van der Waals surface area contributed by atoms with Crippen molar-refractivity contribution in [3.05, 3.63) is 66.1 Å². The summed E-state index contributed by atoms with van der Waals surface area (Å²) in [5, 5.41) is 6.24. The Morgan fingerprint density at radius 2 is 1.92 bits per heavy atom. The Hall–Kier alpha value is -2.92. The van der Waals surface area contributed by atoms with Crippen molar-refractivity contribution in [3.8, 4) is 16.9 Å². The minimum atomic E-state index is 0.673. The zero-order chi connectivity index (χ0) is 17.5. The summed E-state index contributed by atoms with van der Waals surface area (Å²) >= 11 is 6.44. The Balaban J connectivity index is 1.58. The number of pyridine rings is 2. The van der Waals surface area contributed by atoms with E-state index >= 15 is 0 Å². The molecule has 128 valence electrons. The molecule has 0 unspecified atom stereocenters. The van der Waals surface area contributed by atoms with Gasteiger partial charge in [0.25, 0.3) is 0 Å². The topological polar surface area (TPSA) is 46.8 Å². The van der Waals surface area contributed by atoms with Gasteiger partial charge in [-0.1, -0.05) is 17.7 Å². The highest BCUT2D eigenvalue weighted by atomic mass is 35.5. The van der Waals surface area contributed by atoms with E-state index in [9.17, 15) is 0 Å². The second-order valence-corrected chi connectivity index (χ2v) is 6.81. The average molecular weight is 362 g/mol. The lowest BCUT2D eigenvalue weighted by Crippen LogP contribution is -2.36. The average Bonchev–Trinajstić information content (AvgIpc) is 3.05. The Morgan fingerprint density at radius 3 is 2.69 bits per heavy atom. The van der Waals surface area contributed by atoms with E-state index in [1.807, 2.05) is 35.1 Å². The van der Waals surface area contributed by atoms with Crippen LogP contribution in [-0.2, 0) is 0 Å². The van der Waals surface area contributed by atoms with Gasteiger partial charge in [-0.05, 0) is 42.8 Å². The Bertz CT molecular complexity index is 1090. The van der Waals surface area contributed by atoms with Crippen molar-refractivity contribution < 1.29 is 0 Å². The maximum Gasteiger partial charge on any atom is 0.181 e. The molecule has 0 bridgehead atoms. The largest absolute Gasteiger partial charge is 0.371 e. The van der Waals surface area contributed by atoms with Crippen molar-refractivity contribution in [1.29, 1.82) is 0 Å². The molecule has 26 heavy (non-hydrogen) atoms. The van der Waals surface area contributed by atoms with Crippen LogP contribution in [0, 0.1) is 0 Å². The normalized spacial score (nSPS) is 13.8. The number of fused-ring (bicyclic) bond motifs is 1. The molecule has 0 N–H and O–H groups in total. The van der Waals surface area contributed by atoms with E-state index in [1.54, 1.807) is 12.4 Å². The molecule has 1 fully saturated rings. The van der Waals surface area contributed by atoms with Crippen LogP contribution in [0.2, 0.25) is 5.02 Å². The minimum Gasteiger partial charge on any atom is -0.371 e. The molecule has 1 aromatic carbocycles. The van der Waals surface area contributed by atoms with Gasteiger partial charge in [0.2, 0.25) is 0 Å². The molecule has 5 nitrogen and oxygen atoms in total. The van der Waals surface area contributed by atoms with E-state index in [0.717, 1.165) is 35.4 Å². The molecule has 3 aromatic heterocycles. The van der Waals surface area contributed by atoms with E-state index in [2.05, 4.69) is 38.2 Å². The SMILES string of the molecule is Clc1ccc(N2CCC2)cc1-n1cc2cc(-c3ccccn3)cnc2n1. The van der Waals surface area contributed by atoms with Crippen LogP contribution in [0.15, 0.2) is 61.1 Å². The van der Waals surface area contributed by atoms with Crippen LogP contribution < -0.4 is 4.90 Å². The highest BCUT2D eigenvalue weighted by Gasteiger charge is 2.17. The summed E-state index contributed by atoms with van der Waals surface area (Å²) in [7, 11) is 0. The van der Waals surface area contributed by atoms with Gasteiger partial charge in [-0.3, -0.25) is 4.98 Å². The molecule has 0 amide bonds. The van der Waals surface area contributed by atoms with Gasteiger partial charge in [0.1, 0.15) is 0 Å². The van der Waals surface area contributed by atoms with Crippen LogP contribution >= 0.6 is 11.6 Å². The number of aromatic nitrogens is 4. The number of benzene rings is 1. The zero-order valence-electron chi connectivity index (χ0n) is 14.0. The van der Waals surface area contributed by atoms with Crippen LogP contribution in [-0.4, -0.2) is 32.8 Å². The Kier molecular flexibility index (Phi) is 3.60. The van der Waals surface area contributed by atoms with Crippen LogP contribution in [0.3, 0.4) is 0 Å². The summed E-state index contributed by atoms with van der Waals surface area (Å²) in [5.74, 6) is 0. The van der Waals surface area contributed by atoms with Crippen molar-refractivity contribution in [2.75, 3.05) is 18.0 Å². The number of rotatable bonds is 3. The Morgan fingerprint density at radius 1 is 1.00 bits per heavy atom. The van der Waals surface area contributed by atoms with Crippen molar-refractivity contribution in [3.63, 3.8) is 0 Å². The van der Waals surface area contributed by atoms with Crippen molar-refractivity contribution >= 4 is 28.3 Å². The molecule has 1 aliphatic heterocycles. The molecular formula is C20H16ClN5. The van der Waals surface area contributed by atoms with Gasteiger partial charge in [0, 0.05) is 48.3 Å². The molecule has 0 saturated carbocycles. The lowest BCUT2D eigenvalue weighted by Gasteiger charge is -2.33. The molecule has 0 aliphatic carbocycles. The van der Waals surface area contributed by atoms with Gasteiger partial charge < -0.3 is 4.90 Å². The van der Waals surface area contributed by atoms with E-state index < -0.39 is 0 Å². The number of nitrogens with zero attached hydrogens (tertiary/aromatic N) is 5. The highest BCUT2D eigenvalue weighted by Crippen LogP contribution is 2.29. The van der Waals surface area contributed by atoms with Crippen molar-refractivity contribution in [2.45, 2.75) is 6.42 Å². The number of anilines is 1. The van der Waals surface area contributed by atoms with E-state index in [4.69, 9.17) is 11.6 Å². The van der Waals surface area contributed by atoms with E-state index in [0.29, 0.717) is 10.7 Å². The smallest absolute Gasteiger partial charge is 0.181 e. The molecule has 0 atom stereocenters. The quantitative estimate of drug-likeness (QED) is 0.544. The molecule has 0 radical (unpaired) electrons. The van der Waals surface area contributed by atoms with Gasteiger partial charge in [-0.25, -0.2) is 9.67 Å². The van der Waals surface area contributed by atoms with E-state index in [1.165, 1.54) is 12.1 Å². The third kappa shape index (κ3) is 2.61. The summed E-state index contributed by atoms with van der Waals surface area (Å²) in [6, 6.07) is 14.0. The number of hydrogen-bond donors (Lipinski definition) is 0. The number of halogens is 1. The molecule has 4 heterocycles.